The van der Waals surface area contributed by atoms with Gasteiger partial charge in [0, 0.05) is 23.3 Å². The van der Waals surface area contributed by atoms with Crippen LogP contribution in [0.2, 0.25) is 0 Å². The number of benzene rings is 1. The van der Waals surface area contributed by atoms with E-state index in [2.05, 4.69) is 43.4 Å². The highest BCUT2D eigenvalue weighted by molar-refractivity contribution is 7.99. The van der Waals surface area contributed by atoms with Crippen molar-refractivity contribution in [3.63, 3.8) is 0 Å². The van der Waals surface area contributed by atoms with Crippen LogP contribution in [0.1, 0.15) is 51.1 Å². The van der Waals surface area contributed by atoms with Crippen molar-refractivity contribution in [2.75, 3.05) is 18.9 Å². The molecule has 112 valence electrons. The van der Waals surface area contributed by atoms with E-state index in [1.165, 1.54) is 36.1 Å². The summed E-state index contributed by atoms with van der Waals surface area (Å²) in [6.45, 7) is 6.48. The monoisotopic (exact) mass is 293 g/mol. The normalized spacial score (nSPS) is 20.2. The first-order chi connectivity index (χ1) is 9.79. The van der Waals surface area contributed by atoms with Gasteiger partial charge in [-0.1, -0.05) is 19.1 Å². The molecule has 2 nitrogen and oxygen atoms in total. The number of thioether (sulfide) groups is 1. The van der Waals surface area contributed by atoms with Crippen LogP contribution in [0.25, 0.3) is 0 Å². The standard InChI is InChI=1S/C17H27NOS/c1-3-11-18-14(2)15-6-8-17(9-7-15)20-13-10-16-5-4-12-19-16/h6-9,14,16,18H,3-5,10-13H2,1-2H3. The van der Waals surface area contributed by atoms with E-state index >= 15 is 0 Å². The van der Waals surface area contributed by atoms with Crippen molar-refractivity contribution in [1.29, 1.82) is 0 Å². The zero-order valence-corrected chi connectivity index (χ0v) is 13.5. The highest BCUT2D eigenvalue weighted by Gasteiger charge is 2.14. The number of hydrogen-bond acceptors (Lipinski definition) is 3. The van der Waals surface area contributed by atoms with Gasteiger partial charge in [-0.3, -0.25) is 0 Å². The Bertz CT molecular complexity index is 373. The Morgan fingerprint density at radius 1 is 1.35 bits per heavy atom. The maximum Gasteiger partial charge on any atom is 0.0584 e. The molecular weight excluding hydrogens is 266 g/mol. The molecule has 1 aliphatic heterocycles. The Morgan fingerprint density at radius 2 is 2.15 bits per heavy atom. The molecule has 0 amide bonds. The molecular formula is C17H27NOS. The van der Waals surface area contributed by atoms with Gasteiger partial charge in [-0.15, -0.1) is 11.8 Å². The van der Waals surface area contributed by atoms with E-state index in [-0.39, 0.29) is 0 Å². The van der Waals surface area contributed by atoms with Gasteiger partial charge in [0.2, 0.25) is 0 Å². The van der Waals surface area contributed by atoms with Gasteiger partial charge in [-0.05, 0) is 56.8 Å². The number of hydrogen-bond donors (Lipinski definition) is 1. The molecule has 2 rings (SSSR count). The quantitative estimate of drug-likeness (QED) is 0.717. The summed E-state index contributed by atoms with van der Waals surface area (Å²) in [5, 5.41) is 3.52. The molecule has 1 aromatic rings. The van der Waals surface area contributed by atoms with E-state index < -0.39 is 0 Å². The lowest BCUT2D eigenvalue weighted by Gasteiger charge is -2.14. The van der Waals surface area contributed by atoms with Crippen molar-refractivity contribution in [1.82, 2.24) is 5.32 Å². The fourth-order valence-corrected chi connectivity index (χ4v) is 3.46. The lowest BCUT2D eigenvalue weighted by Crippen LogP contribution is -2.19. The molecule has 0 saturated carbocycles. The first-order valence-corrected chi connectivity index (χ1v) is 8.86. The topological polar surface area (TPSA) is 21.3 Å². The highest BCUT2D eigenvalue weighted by Crippen LogP contribution is 2.24. The third kappa shape index (κ3) is 5.12. The van der Waals surface area contributed by atoms with E-state index in [0.717, 1.165) is 18.9 Å². The molecule has 0 aliphatic carbocycles. The Hall–Kier alpha value is -0.510. The molecule has 2 unspecified atom stereocenters. The maximum atomic E-state index is 5.66. The summed E-state index contributed by atoms with van der Waals surface area (Å²) in [6.07, 6.45) is 5.37. The van der Waals surface area contributed by atoms with Crippen molar-refractivity contribution in [3.8, 4) is 0 Å². The molecule has 3 heteroatoms. The van der Waals surface area contributed by atoms with Crippen LogP contribution in [-0.4, -0.2) is 25.0 Å². The molecule has 2 atom stereocenters. The minimum atomic E-state index is 0.445. The molecule has 0 radical (unpaired) electrons. The van der Waals surface area contributed by atoms with Crippen molar-refractivity contribution in [3.05, 3.63) is 29.8 Å². The van der Waals surface area contributed by atoms with E-state index in [0.29, 0.717) is 12.1 Å². The van der Waals surface area contributed by atoms with Gasteiger partial charge in [-0.25, -0.2) is 0 Å². The molecule has 1 saturated heterocycles. The van der Waals surface area contributed by atoms with Gasteiger partial charge in [0.1, 0.15) is 0 Å². The molecule has 20 heavy (non-hydrogen) atoms. The van der Waals surface area contributed by atoms with Crippen LogP contribution in [0, 0.1) is 0 Å². The zero-order chi connectivity index (χ0) is 14.2. The van der Waals surface area contributed by atoms with Crippen molar-refractivity contribution >= 4 is 11.8 Å². The Kier molecular flexibility index (Phi) is 6.91. The summed E-state index contributed by atoms with van der Waals surface area (Å²) >= 11 is 1.95. The van der Waals surface area contributed by atoms with Crippen molar-refractivity contribution in [2.24, 2.45) is 0 Å². The fourth-order valence-electron chi connectivity index (χ4n) is 2.51. The van der Waals surface area contributed by atoms with Crippen LogP contribution in [0.3, 0.4) is 0 Å². The third-order valence-electron chi connectivity index (χ3n) is 3.81. The van der Waals surface area contributed by atoms with Crippen LogP contribution < -0.4 is 5.32 Å². The number of nitrogens with one attached hydrogen (secondary N) is 1. The van der Waals surface area contributed by atoms with Crippen LogP contribution in [0.15, 0.2) is 29.2 Å². The second kappa shape index (κ2) is 8.71. The summed E-state index contributed by atoms with van der Waals surface area (Å²) in [4.78, 5) is 1.37. The van der Waals surface area contributed by atoms with Crippen LogP contribution in [0.5, 0.6) is 0 Å². The largest absolute Gasteiger partial charge is 0.378 e. The van der Waals surface area contributed by atoms with Crippen LogP contribution in [0.4, 0.5) is 0 Å². The molecule has 1 aliphatic rings. The fraction of sp³-hybridized carbons (Fsp3) is 0.647. The molecule has 1 N–H and O–H groups in total. The van der Waals surface area contributed by atoms with Gasteiger partial charge in [-0.2, -0.15) is 0 Å². The van der Waals surface area contributed by atoms with Gasteiger partial charge in [0.15, 0.2) is 0 Å². The van der Waals surface area contributed by atoms with E-state index in [1.54, 1.807) is 0 Å². The lowest BCUT2D eigenvalue weighted by molar-refractivity contribution is 0.109. The summed E-state index contributed by atoms with van der Waals surface area (Å²) in [5.41, 5.74) is 1.38. The third-order valence-corrected chi connectivity index (χ3v) is 4.86. The maximum absolute atomic E-state index is 5.66. The Balaban J connectivity index is 1.73. The van der Waals surface area contributed by atoms with Gasteiger partial charge in [0.25, 0.3) is 0 Å². The minimum absolute atomic E-state index is 0.445. The predicted molar refractivity (Wildman–Crippen MR) is 87.5 cm³/mol. The molecule has 1 aromatic carbocycles. The molecule has 1 fully saturated rings. The number of ether oxygens (including phenoxy) is 1. The van der Waals surface area contributed by atoms with Gasteiger partial charge < -0.3 is 10.1 Å². The van der Waals surface area contributed by atoms with E-state index in [1.807, 2.05) is 11.8 Å². The van der Waals surface area contributed by atoms with Crippen LogP contribution in [-0.2, 0) is 4.74 Å². The first kappa shape index (κ1) is 15.9. The SMILES string of the molecule is CCCNC(C)c1ccc(SCCC2CCCO2)cc1. The highest BCUT2D eigenvalue weighted by atomic mass is 32.2. The smallest absolute Gasteiger partial charge is 0.0584 e. The molecule has 1 heterocycles. The zero-order valence-electron chi connectivity index (χ0n) is 12.7. The number of rotatable bonds is 8. The summed E-state index contributed by atoms with van der Waals surface area (Å²) in [6, 6.07) is 9.45. The van der Waals surface area contributed by atoms with Crippen LogP contribution >= 0.6 is 11.8 Å². The average molecular weight is 293 g/mol. The summed E-state index contributed by atoms with van der Waals surface area (Å²) < 4.78 is 5.66. The average Bonchev–Trinajstić information content (AvgIpc) is 2.99. The Morgan fingerprint density at radius 3 is 2.80 bits per heavy atom. The van der Waals surface area contributed by atoms with Gasteiger partial charge in [0.05, 0.1) is 6.10 Å². The summed E-state index contributed by atoms with van der Waals surface area (Å²) in [7, 11) is 0. The predicted octanol–water partition coefficient (Wildman–Crippen LogP) is 4.41. The van der Waals surface area contributed by atoms with E-state index in [4.69, 9.17) is 4.74 Å². The van der Waals surface area contributed by atoms with Gasteiger partial charge >= 0.3 is 0 Å². The van der Waals surface area contributed by atoms with Crippen molar-refractivity contribution < 1.29 is 4.74 Å². The first-order valence-electron chi connectivity index (χ1n) is 7.87. The molecule has 0 bridgehead atoms. The van der Waals surface area contributed by atoms with Crippen molar-refractivity contribution in [2.45, 2.75) is 56.6 Å². The molecule has 0 aromatic heterocycles. The minimum Gasteiger partial charge on any atom is -0.378 e. The second-order valence-corrected chi connectivity index (χ2v) is 6.69. The molecule has 0 spiro atoms. The van der Waals surface area contributed by atoms with E-state index in [9.17, 15) is 0 Å². The lowest BCUT2D eigenvalue weighted by atomic mass is 10.1. The summed E-state index contributed by atoms with van der Waals surface area (Å²) in [5.74, 6) is 1.16. The second-order valence-electron chi connectivity index (χ2n) is 5.52. The Labute approximate surface area is 127 Å².